The van der Waals surface area contributed by atoms with E-state index < -0.39 is 62.0 Å². The summed E-state index contributed by atoms with van der Waals surface area (Å²) in [5, 5.41) is 98.4. The lowest BCUT2D eigenvalue weighted by atomic mass is 10.00. The van der Waals surface area contributed by atoms with Crippen molar-refractivity contribution in [2.24, 2.45) is 5.92 Å². The van der Waals surface area contributed by atoms with Crippen LogP contribution in [0.3, 0.4) is 0 Å². The van der Waals surface area contributed by atoms with E-state index in [4.69, 9.17) is 14.9 Å². The van der Waals surface area contributed by atoms with Crippen LogP contribution in [-0.2, 0) is 10.5 Å². The molecule has 0 saturated heterocycles. The second-order valence-electron chi connectivity index (χ2n) is 11.1. The average Bonchev–Trinajstić information content (AvgIpc) is 2.97. The third kappa shape index (κ3) is 16.5. The largest absolute Gasteiger partial charge is 0.492 e. The van der Waals surface area contributed by atoms with Gasteiger partial charge in [0, 0.05) is 50.6 Å². The van der Waals surface area contributed by atoms with Crippen molar-refractivity contribution in [3.63, 3.8) is 0 Å². The number of aliphatic hydroxyl groups excluding tert-OH is 10. The predicted octanol–water partition coefficient (Wildman–Crippen LogP) is -1.78. The van der Waals surface area contributed by atoms with E-state index in [9.17, 15) is 45.6 Å². The summed E-state index contributed by atoms with van der Waals surface area (Å²) >= 11 is 1.23. The lowest BCUT2D eigenvalue weighted by Gasteiger charge is -2.29. The normalized spacial score (nSPS) is 17.7. The van der Waals surface area contributed by atoms with Gasteiger partial charge in [-0.25, -0.2) is 0 Å². The fourth-order valence-electron chi connectivity index (χ4n) is 4.14. The zero-order valence-corrected chi connectivity index (χ0v) is 25.7. The minimum Gasteiger partial charge on any atom is -0.492 e. The standard InChI is InChI=1S/C29H51NO12S/c1-18(2)29(41)43-17-19-4-3-5-22(10-19)42-9-8-30(7-6-23(35)26(38)13-27(39)28(40)16-32)14-20(33)11-24(36)25(37)12-21(34)15-31/h3-5,10,18,20-21,23-28,31-40H,6-9,11-17H2,1-2H3/t20-,21-,23+,24+,25+,26-,27-,28+/m0/s1. The Hall–Kier alpha value is -1.40. The number of rotatable bonds is 23. The van der Waals surface area contributed by atoms with E-state index in [1.54, 1.807) is 11.0 Å². The first-order valence-electron chi connectivity index (χ1n) is 14.5. The zero-order chi connectivity index (χ0) is 32.5. The molecule has 0 saturated carbocycles. The van der Waals surface area contributed by atoms with E-state index in [0.717, 1.165) is 5.56 Å². The molecule has 0 unspecified atom stereocenters. The molecule has 1 rings (SSSR count). The lowest BCUT2D eigenvalue weighted by Crippen LogP contribution is -2.42. The third-order valence-electron chi connectivity index (χ3n) is 6.88. The van der Waals surface area contributed by atoms with Crippen LogP contribution < -0.4 is 4.74 Å². The first-order valence-corrected chi connectivity index (χ1v) is 15.5. The van der Waals surface area contributed by atoms with Crippen LogP contribution in [0.15, 0.2) is 24.3 Å². The molecule has 250 valence electrons. The van der Waals surface area contributed by atoms with Gasteiger partial charge in [0.15, 0.2) is 5.12 Å². The molecule has 0 bridgehead atoms. The van der Waals surface area contributed by atoms with Crippen molar-refractivity contribution < 1.29 is 60.6 Å². The van der Waals surface area contributed by atoms with Gasteiger partial charge in [-0.2, -0.15) is 0 Å². The molecule has 0 aliphatic rings. The maximum atomic E-state index is 11.9. The van der Waals surface area contributed by atoms with E-state index in [0.29, 0.717) is 11.5 Å². The molecule has 0 aromatic heterocycles. The maximum absolute atomic E-state index is 11.9. The fourth-order valence-corrected chi connectivity index (χ4v) is 4.96. The topological polar surface area (TPSA) is 232 Å². The van der Waals surface area contributed by atoms with Gasteiger partial charge in [0.1, 0.15) is 18.5 Å². The minimum absolute atomic E-state index is 0.00163. The van der Waals surface area contributed by atoms with E-state index in [1.807, 2.05) is 32.0 Å². The number of aliphatic hydroxyl groups is 10. The average molecular weight is 638 g/mol. The molecule has 0 heterocycles. The Labute approximate surface area is 257 Å². The van der Waals surface area contributed by atoms with Crippen LogP contribution in [0.4, 0.5) is 0 Å². The molecular formula is C29H51NO12S. The Kier molecular flexibility index (Phi) is 19.7. The summed E-state index contributed by atoms with van der Waals surface area (Å²) in [5.74, 6) is 1.00. The van der Waals surface area contributed by atoms with Gasteiger partial charge in [0.25, 0.3) is 0 Å². The third-order valence-corrected chi connectivity index (χ3v) is 8.11. The van der Waals surface area contributed by atoms with Crippen LogP contribution in [0.1, 0.15) is 45.1 Å². The maximum Gasteiger partial charge on any atom is 0.191 e. The monoisotopic (exact) mass is 637 g/mol. The predicted molar refractivity (Wildman–Crippen MR) is 160 cm³/mol. The number of carbonyl (C=O) groups excluding carboxylic acids is 1. The van der Waals surface area contributed by atoms with Crippen LogP contribution >= 0.6 is 11.8 Å². The van der Waals surface area contributed by atoms with E-state index >= 15 is 0 Å². The molecule has 0 aliphatic carbocycles. The van der Waals surface area contributed by atoms with Crippen molar-refractivity contribution in [2.45, 2.75) is 94.1 Å². The summed E-state index contributed by atoms with van der Waals surface area (Å²) in [5.41, 5.74) is 0.910. The molecule has 0 amide bonds. The highest BCUT2D eigenvalue weighted by atomic mass is 32.2. The summed E-state index contributed by atoms with van der Waals surface area (Å²) in [6.45, 7) is 2.99. The van der Waals surface area contributed by atoms with Gasteiger partial charge in [0.05, 0.1) is 55.9 Å². The summed E-state index contributed by atoms with van der Waals surface area (Å²) in [6, 6.07) is 7.29. The van der Waals surface area contributed by atoms with Gasteiger partial charge >= 0.3 is 0 Å². The van der Waals surface area contributed by atoms with Crippen LogP contribution in [0.5, 0.6) is 5.75 Å². The fraction of sp³-hybridized carbons (Fsp3) is 0.759. The zero-order valence-electron chi connectivity index (χ0n) is 24.9. The molecule has 10 N–H and O–H groups in total. The number of hydrogen-bond donors (Lipinski definition) is 10. The highest BCUT2D eigenvalue weighted by Crippen LogP contribution is 2.21. The van der Waals surface area contributed by atoms with E-state index in [1.165, 1.54) is 11.8 Å². The highest BCUT2D eigenvalue weighted by Gasteiger charge is 2.26. The van der Waals surface area contributed by atoms with Crippen LogP contribution in [0, 0.1) is 5.92 Å². The Morgan fingerprint density at radius 2 is 1.40 bits per heavy atom. The number of thioether (sulfide) groups is 1. The first-order chi connectivity index (χ1) is 20.3. The Morgan fingerprint density at radius 1 is 0.791 bits per heavy atom. The Morgan fingerprint density at radius 3 is 2.00 bits per heavy atom. The molecule has 0 spiro atoms. The van der Waals surface area contributed by atoms with Crippen molar-refractivity contribution >= 4 is 16.9 Å². The number of hydrogen-bond acceptors (Lipinski definition) is 14. The first kappa shape index (κ1) is 39.6. The summed E-state index contributed by atoms with van der Waals surface area (Å²) < 4.78 is 5.88. The number of benzene rings is 1. The van der Waals surface area contributed by atoms with Gasteiger partial charge in [-0.05, 0) is 24.1 Å². The molecule has 43 heavy (non-hydrogen) atoms. The molecule has 13 nitrogen and oxygen atoms in total. The number of nitrogens with zero attached hydrogens (tertiary/aromatic N) is 1. The van der Waals surface area contributed by atoms with Gasteiger partial charge < -0.3 is 55.8 Å². The van der Waals surface area contributed by atoms with Crippen molar-refractivity contribution in [1.29, 1.82) is 0 Å². The minimum atomic E-state index is -1.46. The van der Waals surface area contributed by atoms with Crippen molar-refractivity contribution in [1.82, 2.24) is 4.90 Å². The highest BCUT2D eigenvalue weighted by molar-refractivity contribution is 8.13. The van der Waals surface area contributed by atoms with Gasteiger partial charge in [-0.1, -0.05) is 37.7 Å². The smallest absolute Gasteiger partial charge is 0.191 e. The van der Waals surface area contributed by atoms with Crippen LogP contribution in [0.25, 0.3) is 0 Å². The van der Waals surface area contributed by atoms with Gasteiger partial charge in [-0.3, -0.25) is 9.69 Å². The lowest BCUT2D eigenvalue weighted by molar-refractivity contribution is -0.113. The number of ether oxygens (including phenoxy) is 1. The second kappa shape index (κ2) is 21.4. The second-order valence-corrected chi connectivity index (χ2v) is 12.1. The summed E-state index contributed by atoms with van der Waals surface area (Å²) in [7, 11) is 0. The molecule has 1 aromatic carbocycles. The Balaban J connectivity index is 2.79. The van der Waals surface area contributed by atoms with Crippen molar-refractivity contribution in [3.8, 4) is 5.75 Å². The van der Waals surface area contributed by atoms with E-state index in [2.05, 4.69) is 0 Å². The van der Waals surface area contributed by atoms with Crippen molar-refractivity contribution in [2.75, 3.05) is 39.5 Å². The summed E-state index contributed by atoms with van der Waals surface area (Å²) in [4.78, 5) is 13.7. The van der Waals surface area contributed by atoms with Gasteiger partial charge in [-0.15, -0.1) is 0 Å². The van der Waals surface area contributed by atoms with Gasteiger partial charge in [0.2, 0.25) is 0 Å². The van der Waals surface area contributed by atoms with Crippen molar-refractivity contribution in [3.05, 3.63) is 29.8 Å². The molecule has 8 atom stereocenters. The Bertz CT molecular complexity index is 897. The van der Waals surface area contributed by atoms with Crippen LogP contribution in [-0.4, -0.2) is 149 Å². The molecule has 0 fully saturated rings. The molecule has 0 radical (unpaired) electrons. The molecule has 14 heteroatoms. The molecule has 1 aromatic rings. The quantitative estimate of drug-likeness (QED) is 0.0639. The van der Waals surface area contributed by atoms with E-state index in [-0.39, 0.29) is 63.0 Å². The van der Waals surface area contributed by atoms with Crippen LogP contribution in [0.2, 0.25) is 0 Å². The molecular weight excluding hydrogens is 586 g/mol. The molecule has 0 aliphatic heterocycles. The number of carbonyl (C=O) groups is 1. The SMILES string of the molecule is CC(C)C(=O)SCc1cccc(OCCN(CC[C@@H](O)[C@@H](O)C[C@H](O)[C@H](O)CO)C[C@@H](O)C[C@@H](O)[C@H](O)C[C@H](O)CO)c1. The summed E-state index contributed by atoms with van der Waals surface area (Å²) in [6.07, 6.45) is -11.5.